The van der Waals surface area contributed by atoms with Crippen LogP contribution in [0.25, 0.3) is 22.6 Å². The second-order valence-corrected chi connectivity index (χ2v) is 8.51. The van der Waals surface area contributed by atoms with Crippen LogP contribution in [0.15, 0.2) is 40.9 Å². The van der Waals surface area contributed by atoms with Gasteiger partial charge in [-0.3, -0.25) is 0 Å². The van der Waals surface area contributed by atoms with Crippen LogP contribution >= 0.6 is 0 Å². The fourth-order valence-corrected chi connectivity index (χ4v) is 4.78. The summed E-state index contributed by atoms with van der Waals surface area (Å²) in [7, 11) is 1.88. The van der Waals surface area contributed by atoms with Gasteiger partial charge in [-0.1, -0.05) is 12.5 Å². The van der Waals surface area contributed by atoms with Gasteiger partial charge in [-0.2, -0.15) is 0 Å². The third-order valence-corrected chi connectivity index (χ3v) is 6.48. The maximum atomic E-state index is 15.0. The van der Waals surface area contributed by atoms with E-state index in [-0.39, 0.29) is 17.8 Å². The molecule has 0 spiro atoms. The van der Waals surface area contributed by atoms with Gasteiger partial charge in [0, 0.05) is 37.2 Å². The van der Waals surface area contributed by atoms with Gasteiger partial charge in [0.25, 0.3) is 0 Å². The third kappa shape index (κ3) is 3.76. The van der Waals surface area contributed by atoms with E-state index in [1.807, 2.05) is 24.1 Å². The number of anilines is 1. The van der Waals surface area contributed by atoms with E-state index < -0.39 is 6.17 Å². The molecule has 5 rings (SSSR count). The van der Waals surface area contributed by atoms with Crippen molar-refractivity contribution in [2.75, 3.05) is 11.9 Å². The van der Waals surface area contributed by atoms with Crippen molar-refractivity contribution in [3.63, 3.8) is 0 Å². The zero-order valence-electron chi connectivity index (χ0n) is 17.6. The first kappa shape index (κ1) is 19.9. The average Bonchev–Trinajstić information content (AvgIpc) is 3.22. The Morgan fingerprint density at radius 2 is 2.06 bits per heavy atom. The minimum absolute atomic E-state index is 0.0733. The summed E-state index contributed by atoms with van der Waals surface area (Å²) in [4.78, 5) is 5.99. The normalized spacial score (nSPS) is 25.4. The molecule has 7 nitrogen and oxygen atoms in total. The van der Waals surface area contributed by atoms with Crippen LogP contribution in [-0.2, 0) is 0 Å². The number of aromatic hydroxyl groups is 1. The number of fused-ring (bicyclic) bond motifs is 2. The number of hydrogen-bond donors (Lipinski definition) is 2. The molecule has 0 saturated carbocycles. The van der Waals surface area contributed by atoms with Crippen molar-refractivity contribution < 1.29 is 13.9 Å². The zero-order chi connectivity index (χ0) is 21.5. The molecule has 162 valence electrons. The fraction of sp³-hybridized carbons (Fsp3) is 0.435. The monoisotopic (exact) mass is 423 g/mol. The van der Waals surface area contributed by atoms with Crippen molar-refractivity contribution in [2.45, 2.75) is 56.9 Å². The van der Waals surface area contributed by atoms with Crippen molar-refractivity contribution in [3.05, 3.63) is 42.4 Å². The predicted octanol–water partition coefficient (Wildman–Crippen LogP) is 3.87. The molecule has 0 aliphatic carbocycles. The van der Waals surface area contributed by atoms with Gasteiger partial charge in [-0.25, -0.2) is 9.37 Å². The summed E-state index contributed by atoms with van der Waals surface area (Å²) in [5.74, 6) is 1.87. The summed E-state index contributed by atoms with van der Waals surface area (Å²) >= 11 is 0. The molecule has 2 aliphatic heterocycles. The molecule has 2 bridgehead atoms. The highest BCUT2D eigenvalue weighted by Crippen LogP contribution is 2.34. The molecule has 1 aromatic carbocycles. The van der Waals surface area contributed by atoms with Crippen molar-refractivity contribution in [2.24, 2.45) is 0 Å². The Morgan fingerprint density at radius 1 is 1.19 bits per heavy atom. The molecule has 2 fully saturated rings. The van der Waals surface area contributed by atoms with E-state index >= 15 is 4.39 Å². The molecule has 2 aromatic heterocycles. The lowest BCUT2D eigenvalue weighted by Crippen LogP contribution is -2.61. The summed E-state index contributed by atoms with van der Waals surface area (Å²) in [6, 6.07) is 8.97. The maximum Gasteiger partial charge on any atom is 0.191 e. The number of phenolic OH excluding ortho intramolecular Hbond substituents is 1. The Kier molecular flexibility index (Phi) is 5.09. The number of oxazole rings is 1. The van der Waals surface area contributed by atoms with Crippen LogP contribution in [0.2, 0.25) is 0 Å². The molecule has 4 atom stereocenters. The van der Waals surface area contributed by atoms with E-state index in [1.54, 1.807) is 31.3 Å². The van der Waals surface area contributed by atoms with E-state index in [0.29, 0.717) is 34.8 Å². The Balaban J connectivity index is 1.35. The largest absolute Gasteiger partial charge is 0.507 e. The summed E-state index contributed by atoms with van der Waals surface area (Å²) in [6.07, 6.45) is 4.53. The number of rotatable bonds is 4. The van der Waals surface area contributed by atoms with Gasteiger partial charge in [0.05, 0.1) is 17.9 Å². The Morgan fingerprint density at radius 3 is 2.77 bits per heavy atom. The topological polar surface area (TPSA) is 87.3 Å². The first-order valence-electron chi connectivity index (χ1n) is 10.7. The molecule has 2 aliphatic rings. The number of alkyl halides is 1. The number of hydrogen-bond acceptors (Lipinski definition) is 7. The number of phenols is 1. The van der Waals surface area contributed by atoms with Crippen LogP contribution in [-0.4, -0.2) is 51.6 Å². The molecule has 0 amide bonds. The minimum Gasteiger partial charge on any atom is -0.507 e. The van der Waals surface area contributed by atoms with E-state index in [9.17, 15) is 5.11 Å². The SMILES string of the molecule is Cc1ncc(-c2ccc(-c3ccc(N(C)[C@@H]4CC5CCCC(N5)[C@@H]4F)nn3)c(O)c2)o1. The second-order valence-electron chi connectivity index (χ2n) is 8.51. The van der Waals surface area contributed by atoms with Crippen molar-refractivity contribution in [1.82, 2.24) is 20.5 Å². The molecule has 2 N–H and O–H groups in total. The predicted molar refractivity (Wildman–Crippen MR) is 116 cm³/mol. The van der Waals surface area contributed by atoms with Crippen LogP contribution < -0.4 is 10.2 Å². The van der Waals surface area contributed by atoms with Gasteiger partial charge in [-0.15, -0.1) is 10.2 Å². The van der Waals surface area contributed by atoms with Crippen LogP contribution in [0.4, 0.5) is 10.2 Å². The first-order chi connectivity index (χ1) is 15.0. The lowest BCUT2D eigenvalue weighted by atomic mass is 9.82. The summed E-state index contributed by atoms with van der Waals surface area (Å²) < 4.78 is 20.5. The first-order valence-corrected chi connectivity index (χ1v) is 10.7. The van der Waals surface area contributed by atoms with Crippen molar-refractivity contribution >= 4 is 5.82 Å². The zero-order valence-corrected chi connectivity index (χ0v) is 17.6. The van der Waals surface area contributed by atoms with E-state index in [1.165, 1.54) is 0 Å². The van der Waals surface area contributed by atoms with Crippen LogP contribution in [0.5, 0.6) is 5.75 Å². The summed E-state index contributed by atoms with van der Waals surface area (Å²) in [5.41, 5.74) is 1.85. The Bertz CT molecular complexity index is 1070. The molecular weight excluding hydrogens is 397 g/mol. The molecule has 2 unspecified atom stereocenters. The number of aryl methyl sites for hydroxylation is 1. The van der Waals surface area contributed by atoms with E-state index in [0.717, 1.165) is 31.2 Å². The number of aromatic nitrogens is 3. The van der Waals surface area contributed by atoms with Crippen LogP contribution in [0, 0.1) is 6.92 Å². The molecular formula is C23H26FN5O2. The van der Waals surface area contributed by atoms with Crippen LogP contribution in [0.3, 0.4) is 0 Å². The lowest BCUT2D eigenvalue weighted by molar-refractivity contribution is 0.107. The van der Waals surface area contributed by atoms with Crippen LogP contribution in [0.1, 0.15) is 31.6 Å². The number of nitrogens with zero attached hydrogens (tertiary/aromatic N) is 4. The van der Waals surface area contributed by atoms with Gasteiger partial charge in [-0.05, 0) is 43.5 Å². The van der Waals surface area contributed by atoms with E-state index in [4.69, 9.17) is 4.42 Å². The molecule has 2 saturated heterocycles. The second kappa shape index (κ2) is 7.92. The fourth-order valence-electron chi connectivity index (χ4n) is 4.78. The number of piperidine rings is 2. The third-order valence-electron chi connectivity index (χ3n) is 6.48. The molecule has 0 radical (unpaired) electrons. The highest BCUT2D eigenvalue weighted by molar-refractivity contribution is 5.72. The highest BCUT2D eigenvalue weighted by atomic mass is 19.1. The minimum atomic E-state index is -0.931. The molecule has 8 heteroatoms. The number of nitrogens with one attached hydrogen (secondary N) is 1. The van der Waals surface area contributed by atoms with Gasteiger partial charge in [0.2, 0.25) is 0 Å². The average molecular weight is 423 g/mol. The Hall–Kier alpha value is -3.00. The standard InChI is InChI=1S/C23H26FN5O2/c1-13-25-12-21(31-13)14-6-7-16(20(30)10-14)17-8-9-22(28-27-17)29(2)19-11-15-4-3-5-18(26-15)23(19)24/h6-10,12,15,18-19,23,26,30H,3-5,11H2,1-2H3/t15?,18?,19-,23+/m1/s1. The Labute approximate surface area is 180 Å². The highest BCUT2D eigenvalue weighted by Gasteiger charge is 2.41. The smallest absolute Gasteiger partial charge is 0.191 e. The van der Waals surface area contributed by atoms with Gasteiger partial charge >= 0.3 is 0 Å². The maximum absolute atomic E-state index is 15.0. The number of halogens is 1. The van der Waals surface area contributed by atoms with Crippen molar-refractivity contribution in [3.8, 4) is 28.3 Å². The molecule has 3 aromatic rings. The van der Waals surface area contributed by atoms with Gasteiger partial charge < -0.3 is 19.7 Å². The lowest BCUT2D eigenvalue weighted by Gasteiger charge is -2.46. The molecule has 31 heavy (non-hydrogen) atoms. The van der Waals surface area contributed by atoms with Crippen molar-refractivity contribution in [1.29, 1.82) is 0 Å². The quantitative estimate of drug-likeness (QED) is 0.659. The van der Waals surface area contributed by atoms with Gasteiger partial charge in [0.15, 0.2) is 17.5 Å². The summed E-state index contributed by atoms with van der Waals surface area (Å²) in [5, 5.41) is 22.6. The number of benzene rings is 1. The molecule has 4 heterocycles. The van der Waals surface area contributed by atoms with E-state index in [2.05, 4.69) is 20.5 Å². The van der Waals surface area contributed by atoms with Gasteiger partial charge in [0.1, 0.15) is 11.9 Å². The summed E-state index contributed by atoms with van der Waals surface area (Å²) in [6.45, 7) is 1.77.